The van der Waals surface area contributed by atoms with Gasteiger partial charge in [0.15, 0.2) is 5.75 Å². The number of aliphatic hydroxyl groups is 2. The molecule has 1 heterocycles. The maximum absolute atomic E-state index is 11.9. The summed E-state index contributed by atoms with van der Waals surface area (Å²) >= 11 is 0. The van der Waals surface area contributed by atoms with Gasteiger partial charge in [-0.2, -0.15) is 0 Å². The van der Waals surface area contributed by atoms with Crippen LogP contribution in [0.3, 0.4) is 0 Å². The molecule has 1 unspecified atom stereocenters. The molecule has 0 amide bonds. The molecule has 0 bridgehead atoms. The second-order valence-corrected chi connectivity index (χ2v) is 5.06. The van der Waals surface area contributed by atoms with Crippen molar-refractivity contribution in [3.05, 3.63) is 40.8 Å². The van der Waals surface area contributed by atoms with Gasteiger partial charge in [-0.3, -0.25) is 0 Å². The first-order valence-electron chi connectivity index (χ1n) is 7.56. The van der Waals surface area contributed by atoms with E-state index in [1.54, 1.807) is 6.08 Å². The van der Waals surface area contributed by atoms with Crippen molar-refractivity contribution in [1.29, 1.82) is 0 Å². The van der Waals surface area contributed by atoms with E-state index in [1.165, 1.54) is 18.2 Å². The van der Waals surface area contributed by atoms with Crippen molar-refractivity contribution in [2.75, 3.05) is 19.8 Å². The van der Waals surface area contributed by atoms with Crippen LogP contribution in [0, 0.1) is 0 Å². The molecule has 1 aromatic heterocycles. The topological polar surface area (TPSA) is 109 Å². The van der Waals surface area contributed by atoms with Crippen molar-refractivity contribution in [2.24, 2.45) is 0 Å². The highest BCUT2D eigenvalue weighted by atomic mass is 16.5. The van der Waals surface area contributed by atoms with E-state index in [1.807, 2.05) is 13.0 Å². The Labute approximate surface area is 138 Å². The second-order valence-electron chi connectivity index (χ2n) is 5.06. The largest absolute Gasteiger partial charge is 0.504 e. The number of hydrogen-bond acceptors (Lipinski definition) is 7. The lowest BCUT2D eigenvalue weighted by Gasteiger charge is -2.11. The zero-order chi connectivity index (χ0) is 17.5. The normalized spacial score (nSPS) is 12.6. The number of aliphatic hydroxyl groups excluding tert-OH is 2. The summed E-state index contributed by atoms with van der Waals surface area (Å²) in [4.78, 5) is 11.9. The monoisotopic (exact) mass is 336 g/mol. The first-order chi connectivity index (χ1) is 11.6. The van der Waals surface area contributed by atoms with E-state index in [0.717, 1.165) is 6.42 Å². The van der Waals surface area contributed by atoms with Gasteiger partial charge in [-0.05, 0) is 24.6 Å². The summed E-state index contributed by atoms with van der Waals surface area (Å²) in [5.74, 6) is -0.258. The third kappa shape index (κ3) is 4.27. The average molecular weight is 336 g/mol. The van der Waals surface area contributed by atoms with Gasteiger partial charge in [-0.1, -0.05) is 19.1 Å². The van der Waals surface area contributed by atoms with Crippen LogP contribution >= 0.6 is 0 Å². The van der Waals surface area contributed by atoms with Crippen molar-refractivity contribution >= 4 is 11.0 Å². The molecule has 24 heavy (non-hydrogen) atoms. The summed E-state index contributed by atoms with van der Waals surface area (Å²) < 4.78 is 15.7. The molecule has 1 atom stereocenters. The Bertz CT molecular complexity index is 763. The molecule has 0 aliphatic rings. The van der Waals surface area contributed by atoms with Crippen LogP contribution in [0.4, 0.5) is 0 Å². The van der Waals surface area contributed by atoms with Gasteiger partial charge in [-0.15, -0.1) is 0 Å². The van der Waals surface area contributed by atoms with Gasteiger partial charge in [0.1, 0.15) is 30.7 Å². The molecule has 130 valence electrons. The van der Waals surface area contributed by atoms with Gasteiger partial charge >= 0.3 is 5.63 Å². The molecule has 7 heteroatoms. The lowest BCUT2D eigenvalue weighted by atomic mass is 10.2. The Balaban J connectivity index is 2.29. The highest BCUT2D eigenvalue weighted by Gasteiger charge is 2.16. The Morgan fingerprint density at radius 2 is 2.08 bits per heavy atom. The van der Waals surface area contributed by atoms with E-state index in [-0.39, 0.29) is 35.7 Å². The Hall–Kier alpha value is -2.51. The van der Waals surface area contributed by atoms with Gasteiger partial charge in [-0.25, -0.2) is 4.79 Å². The molecule has 2 aromatic rings. The van der Waals surface area contributed by atoms with Gasteiger partial charge in [0.05, 0.1) is 12.0 Å². The Morgan fingerprint density at radius 3 is 2.79 bits per heavy atom. The highest BCUT2D eigenvalue weighted by molar-refractivity contribution is 5.86. The number of aromatic hydroxyl groups is 1. The van der Waals surface area contributed by atoms with Gasteiger partial charge in [0.25, 0.3) is 0 Å². The molecular weight excluding hydrogens is 316 g/mol. The van der Waals surface area contributed by atoms with Gasteiger partial charge in [0, 0.05) is 0 Å². The minimum Gasteiger partial charge on any atom is -0.504 e. The fourth-order valence-electron chi connectivity index (χ4n) is 1.98. The summed E-state index contributed by atoms with van der Waals surface area (Å²) in [7, 11) is 0. The first kappa shape index (κ1) is 17.8. The lowest BCUT2D eigenvalue weighted by molar-refractivity contribution is 0.0536. The van der Waals surface area contributed by atoms with Gasteiger partial charge < -0.3 is 29.2 Å². The molecule has 7 nitrogen and oxygen atoms in total. The van der Waals surface area contributed by atoms with Crippen LogP contribution in [0.25, 0.3) is 11.0 Å². The number of benzene rings is 1. The van der Waals surface area contributed by atoms with E-state index in [9.17, 15) is 15.0 Å². The molecule has 0 aliphatic heterocycles. The summed E-state index contributed by atoms with van der Waals surface area (Å²) in [6, 6.07) is 4.46. The maximum Gasteiger partial charge on any atom is 0.383 e. The van der Waals surface area contributed by atoms with E-state index in [0.29, 0.717) is 5.75 Å². The summed E-state index contributed by atoms with van der Waals surface area (Å²) in [6.45, 7) is 1.58. The summed E-state index contributed by atoms with van der Waals surface area (Å²) in [6.07, 6.45) is 3.44. The molecule has 0 saturated heterocycles. The van der Waals surface area contributed by atoms with E-state index in [2.05, 4.69) is 0 Å². The second kappa shape index (κ2) is 8.37. The molecule has 0 radical (unpaired) electrons. The highest BCUT2D eigenvalue weighted by Crippen LogP contribution is 2.33. The number of hydrogen-bond donors (Lipinski definition) is 3. The molecule has 0 aliphatic carbocycles. The van der Waals surface area contributed by atoms with Gasteiger partial charge in [0.2, 0.25) is 5.75 Å². The predicted molar refractivity (Wildman–Crippen MR) is 87.7 cm³/mol. The van der Waals surface area contributed by atoms with Crippen LogP contribution < -0.4 is 15.1 Å². The van der Waals surface area contributed by atoms with Crippen LogP contribution in [0.2, 0.25) is 0 Å². The third-order valence-corrected chi connectivity index (χ3v) is 3.19. The SMILES string of the molecule is CCC=CCOc1c(O)c2cc(OCC(O)CO)ccc2oc1=O. The summed E-state index contributed by atoms with van der Waals surface area (Å²) in [5.41, 5.74) is -0.585. The Morgan fingerprint density at radius 1 is 1.29 bits per heavy atom. The van der Waals surface area contributed by atoms with Crippen molar-refractivity contribution in [1.82, 2.24) is 0 Å². The minimum atomic E-state index is -1.01. The fourth-order valence-corrected chi connectivity index (χ4v) is 1.98. The van der Waals surface area contributed by atoms with Crippen LogP contribution in [-0.2, 0) is 0 Å². The minimum absolute atomic E-state index is 0.106. The quantitative estimate of drug-likeness (QED) is 0.496. The van der Waals surface area contributed by atoms with E-state index >= 15 is 0 Å². The van der Waals surface area contributed by atoms with Crippen molar-refractivity contribution in [2.45, 2.75) is 19.4 Å². The van der Waals surface area contributed by atoms with Crippen LogP contribution in [0.15, 0.2) is 39.6 Å². The predicted octanol–water partition coefficient (Wildman–Crippen LogP) is 1.58. The first-order valence-corrected chi connectivity index (χ1v) is 7.56. The zero-order valence-electron chi connectivity index (χ0n) is 13.3. The van der Waals surface area contributed by atoms with Crippen LogP contribution in [0.5, 0.6) is 17.2 Å². The number of fused-ring (bicyclic) bond motifs is 1. The molecule has 0 saturated carbocycles. The standard InChI is InChI=1S/C17H20O7/c1-2-3-4-7-22-16-15(20)13-8-12(23-10-11(19)9-18)5-6-14(13)24-17(16)21/h3-6,8,11,18-20H,2,7,9-10H2,1H3. The zero-order valence-corrected chi connectivity index (χ0v) is 13.3. The molecule has 0 spiro atoms. The molecular formula is C17H20O7. The molecule has 0 fully saturated rings. The molecule has 1 aromatic carbocycles. The number of allylic oxidation sites excluding steroid dienone is 1. The van der Waals surface area contributed by atoms with Crippen molar-refractivity contribution in [3.8, 4) is 17.2 Å². The Kier molecular flexibility index (Phi) is 6.22. The molecule has 3 N–H and O–H groups in total. The lowest BCUT2D eigenvalue weighted by Crippen LogP contribution is -2.21. The summed E-state index contributed by atoms with van der Waals surface area (Å²) in [5, 5.41) is 28.6. The van der Waals surface area contributed by atoms with E-state index in [4.69, 9.17) is 19.0 Å². The average Bonchev–Trinajstić information content (AvgIpc) is 2.59. The van der Waals surface area contributed by atoms with Crippen LogP contribution in [-0.4, -0.2) is 41.2 Å². The maximum atomic E-state index is 11.9. The third-order valence-electron chi connectivity index (χ3n) is 3.19. The van der Waals surface area contributed by atoms with Crippen LogP contribution in [0.1, 0.15) is 13.3 Å². The van der Waals surface area contributed by atoms with E-state index < -0.39 is 18.3 Å². The van der Waals surface area contributed by atoms with Crippen molar-refractivity contribution in [3.63, 3.8) is 0 Å². The number of rotatable bonds is 8. The smallest absolute Gasteiger partial charge is 0.383 e. The molecule has 2 rings (SSSR count). The fraction of sp³-hybridized carbons (Fsp3) is 0.353. The number of ether oxygens (including phenoxy) is 2. The van der Waals surface area contributed by atoms with Crippen molar-refractivity contribution < 1.29 is 29.2 Å².